The van der Waals surface area contributed by atoms with Crippen LogP contribution in [0.15, 0.2) is 123 Å². The highest BCUT2D eigenvalue weighted by molar-refractivity contribution is 7.98. The summed E-state index contributed by atoms with van der Waals surface area (Å²) >= 11 is 1.56. The number of sulfonamides is 2. The second kappa shape index (κ2) is 24.4. The second-order valence-corrected chi connectivity index (χ2v) is 20.1. The van der Waals surface area contributed by atoms with Crippen molar-refractivity contribution >= 4 is 78.4 Å². The molecule has 366 valence electrons. The van der Waals surface area contributed by atoms with E-state index in [4.69, 9.17) is 19.9 Å². The Morgan fingerprint density at radius 1 is 0.721 bits per heavy atom. The molecule has 0 aliphatic carbocycles. The van der Waals surface area contributed by atoms with E-state index in [0.29, 0.717) is 47.5 Å². The summed E-state index contributed by atoms with van der Waals surface area (Å²) in [5, 5.41) is 8.47. The normalized spacial score (nSPS) is 16.0. The lowest BCUT2D eigenvalue weighted by Crippen LogP contribution is -2.35. The molecule has 2 atom stereocenters. The van der Waals surface area contributed by atoms with Crippen molar-refractivity contribution in [1.82, 2.24) is 8.61 Å². The van der Waals surface area contributed by atoms with Crippen LogP contribution in [0.2, 0.25) is 0 Å². The Kier molecular flexibility index (Phi) is 19.3. The number of methoxy groups -OCH3 is 2. The van der Waals surface area contributed by atoms with Crippen molar-refractivity contribution in [2.24, 2.45) is 11.8 Å². The Morgan fingerprint density at radius 2 is 1.19 bits per heavy atom. The van der Waals surface area contributed by atoms with Crippen molar-refractivity contribution in [1.29, 1.82) is 0 Å². The fourth-order valence-corrected chi connectivity index (χ4v) is 9.03. The molecule has 4 aromatic rings. The maximum absolute atomic E-state index is 12.7. The second-order valence-electron chi connectivity index (χ2n) is 15.4. The zero-order valence-electron chi connectivity index (χ0n) is 39.3. The predicted molar refractivity (Wildman–Crippen MR) is 262 cm³/mol. The van der Waals surface area contributed by atoms with E-state index in [1.54, 1.807) is 72.4 Å². The van der Waals surface area contributed by atoms with Crippen molar-refractivity contribution in [3.8, 4) is 5.75 Å². The number of rotatable bonds is 13. The number of esters is 3. The summed E-state index contributed by atoms with van der Waals surface area (Å²) < 4.78 is 72.1. The fraction of sp³-hybridized carbons (Fsp3) is 0.319. The predicted octanol–water partition coefficient (Wildman–Crippen LogP) is 7.36. The summed E-state index contributed by atoms with van der Waals surface area (Å²) in [4.78, 5) is 49.3. The summed E-state index contributed by atoms with van der Waals surface area (Å²) in [5.74, 6) is -0.853. The Balaban J connectivity index is 0.000000243. The van der Waals surface area contributed by atoms with Crippen LogP contribution < -0.4 is 26.4 Å². The summed E-state index contributed by atoms with van der Waals surface area (Å²) in [6.45, 7) is 8.87. The Bertz CT molecular complexity index is 2760. The van der Waals surface area contributed by atoms with Gasteiger partial charge in [-0.05, 0) is 78.8 Å². The van der Waals surface area contributed by atoms with E-state index in [2.05, 4.69) is 34.5 Å². The monoisotopic (exact) mass is 994 g/mol. The average Bonchev–Trinajstić information content (AvgIpc) is 3.33. The summed E-state index contributed by atoms with van der Waals surface area (Å²) in [6.07, 6.45) is 6.05. The number of thioether (sulfide) groups is 1. The van der Waals surface area contributed by atoms with E-state index in [1.165, 1.54) is 46.5 Å². The quantitative estimate of drug-likeness (QED) is 0.0336. The minimum Gasteiger partial charge on any atom is -0.495 e. The van der Waals surface area contributed by atoms with Crippen LogP contribution in [0.3, 0.4) is 0 Å². The van der Waals surface area contributed by atoms with Crippen molar-refractivity contribution < 1.29 is 55.0 Å². The Labute approximate surface area is 402 Å². The lowest BCUT2D eigenvalue weighted by molar-refractivity contribution is -0.135. The van der Waals surface area contributed by atoms with Gasteiger partial charge in [0.15, 0.2) is 0 Å². The minimum absolute atomic E-state index is 0.0780. The van der Waals surface area contributed by atoms with E-state index in [0.717, 1.165) is 38.5 Å². The molecule has 0 saturated heterocycles. The van der Waals surface area contributed by atoms with Gasteiger partial charge in [-0.2, -0.15) is 0 Å². The van der Waals surface area contributed by atoms with Crippen LogP contribution in [-0.2, 0) is 43.8 Å². The lowest BCUT2D eigenvalue weighted by Gasteiger charge is -2.30. The highest BCUT2D eigenvalue weighted by Gasteiger charge is 2.33. The van der Waals surface area contributed by atoms with Gasteiger partial charge in [-0.1, -0.05) is 64.8 Å². The molecule has 0 saturated carbocycles. The molecular weight excluding hydrogens is 937 g/mol. The van der Waals surface area contributed by atoms with Crippen LogP contribution >= 0.6 is 11.8 Å². The number of ether oxygens (including phenoxy) is 4. The van der Waals surface area contributed by atoms with Gasteiger partial charge in [0.2, 0.25) is 0 Å². The summed E-state index contributed by atoms with van der Waals surface area (Å²) in [7, 11) is -2.04. The molecule has 2 aliphatic rings. The largest absolute Gasteiger partial charge is 0.495 e. The van der Waals surface area contributed by atoms with Crippen LogP contribution in [0.25, 0.3) is 0 Å². The van der Waals surface area contributed by atoms with Gasteiger partial charge >= 0.3 is 17.9 Å². The highest BCUT2D eigenvalue weighted by Crippen LogP contribution is 2.34. The number of carbonyl (C=O) groups excluding carboxylic acids is 4. The number of carbonyl (C=O) groups is 4. The van der Waals surface area contributed by atoms with Crippen molar-refractivity contribution in [3.05, 3.63) is 120 Å². The van der Waals surface area contributed by atoms with Crippen LogP contribution in [0.4, 0.5) is 22.7 Å². The SMILES string of the molecule is CCC(C)COC(=O)c1ccc(OC)c(NC(=O)/C=C2/Nc3ccccc3S(=O)(=O)N2C)c1.CCC(C)COC(=O)c1ccc(SC)c(N)c1.COC(=O)/C=C1/Nc2ccccc2S(=O)(=O)N1C. The summed E-state index contributed by atoms with van der Waals surface area (Å²) in [6, 6.07) is 22.7. The zero-order chi connectivity index (χ0) is 50.3. The van der Waals surface area contributed by atoms with Crippen LogP contribution in [0, 0.1) is 11.8 Å². The van der Waals surface area contributed by atoms with Gasteiger partial charge in [0, 0.05) is 30.8 Å². The first-order chi connectivity index (χ1) is 32.2. The molecule has 0 fully saturated rings. The molecule has 4 aromatic carbocycles. The van der Waals surface area contributed by atoms with Gasteiger partial charge in [0.1, 0.15) is 27.2 Å². The third-order valence-electron chi connectivity index (χ3n) is 10.5. The molecule has 2 aliphatic heterocycles. The fourth-order valence-electron chi connectivity index (χ4n) is 5.93. The van der Waals surface area contributed by atoms with Gasteiger partial charge in [0.05, 0.1) is 61.7 Å². The zero-order valence-corrected chi connectivity index (χ0v) is 41.8. The number of nitrogens with zero attached hydrogens (tertiary/aromatic N) is 2. The lowest BCUT2D eigenvalue weighted by atomic mass is 10.1. The van der Waals surface area contributed by atoms with Gasteiger partial charge in [-0.25, -0.2) is 31.2 Å². The molecule has 2 heterocycles. The van der Waals surface area contributed by atoms with Gasteiger partial charge in [-0.15, -0.1) is 11.8 Å². The van der Waals surface area contributed by atoms with Gasteiger partial charge in [-0.3, -0.25) is 13.4 Å². The number of hydrogen-bond donors (Lipinski definition) is 4. The standard InChI is InChI=1S/C23H27N3O6S.C13H19NO2S.C11H12N2O4S/c1-5-15(2)14-32-23(28)16-10-11-19(31-4)18(12-16)25-22(27)13-21-24-17-8-6-7-9-20(17)33(29,30)26(21)3;1-4-9(2)8-16-13(15)10-5-6-12(17-3)11(14)7-10;1-13-10(7-11(14)17-2)12-8-5-3-4-6-9(8)18(13,15)16/h6-13,15,24H,5,14H2,1-4H3,(H,25,27);5-7,9H,4,8,14H2,1-3H3;3-7,12H,1-2H3/b21-13-;;10-7-. The van der Waals surface area contributed by atoms with E-state index >= 15 is 0 Å². The molecule has 68 heavy (non-hydrogen) atoms. The summed E-state index contributed by atoms with van der Waals surface area (Å²) in [5.41, 5.74) is 8.28. The topological polar surface area (TPSA) is 242 Å². The molecule has 1 amide bonds. The molecule has 21 heteroatoms. The molecule has 0 aromatic heterocycles. The van der Waals surface area contributed by atoms with E-state index in [9.17, 15) is 36.0 Å². The molecule has 18 nitrogen and oxygen atoms in total. The Morgan fingerprint density at radius 3 is 1.65 bits per heavy atom. The number of fused-ring (bicyclic) bond motifs is 2. The van der Waals surface area contributed by atoms with E-state index < -0.39 is 37.9 Å². The number of para-hydroxylation sites is 2. The first-order valence-corrected chi connectivity index (χ1v) is 25.3. The van der Waals surface area contributed by atoms with E-state index in [-0.39, 0.29) is 44.6 Å². The van der Waals surface area contributed by atoms with Crippen molar-refractivity contribution in [2.45, 2.75) is 55.2 Å². The number of nitrogens with two attached hydrogens (primary N) is 1. The number of benzene rings is 4. The Hall–Kier alpha value is -6.71. The molecule has 0 radical (unpaired) electrons. The van der Waals surface area contributed by atoms with Crippen molar-refractivity contribution in [2.75, 3.05) is 69.5 Å². The maximum Gasteiger partial charge on any atom is 0.338 e. The smallest absolute Gasteiger partial charge is 0.338 e. The van der Waals surface area contributed by atoms with Gasteiger partial charge in [0.25, 0.3) is 26.0 Å². The third-order valence-corrected chi connectivity index (χ3v) is 15.0. The highest BCUT2D eigenvalue weighted by atomic mass is 32.2. The number of anilines is 4. The molecule has 0 bridgehead atoms. The molecule has 2 unspecified atom stereocenters. The van der Waals surface area contributed by atoms with Crippen molar-refractivity contribution in [3.63, 3.8) is 0 Å². The molecule has 5 N–H and O–H groups in total. The third kappa shape index (κ3) is 13.7. The maximum atomic E-state index is 12.7. The van der Waals surface area contributed by atoms with Gasteiger partial charge < -0.3 is 40.6 Å². The molecule has 0 spiro atoms. The first-order valence-electron chi connectivity index (χ1n) is 21.2. The van der Waals surface area contributed by atoms with Crippen LogP contribution in [0.1, 0.15) is 61.3 Å². The van der Waals surface area contributed by atoms with Crippen LogP contribution in [-0.4, -0.2) is 97.0 Å². The minimum atomic E-state index is -3.80. The number of nitrogen functional groups attached to an aromatic ring is 1. The number of amides is 1. The average molecular weight is 995 g/mol. The molecular formula is C47H58N6O12S3. The molecule has 6 rings (SSSR count). The number of hydrogen-bond acceptors (Lipinski definition) is 16. The van der Waals surface area contributed by atoms with E-state index in [1.807, 2.05) is 26.2 Å². The number of nitrogens with one attached hydrogen (secondary N) is 3. The first kappa shape index (κ1) is 53.9. The van der Waals surface area contributed by atoms with Crippen LogP contribution in [0.5, 0.6) is 5.75 Å².